The quantitative estimate of drug-likeness (QED) is 0.331. The predicted molar refractivity (Wildman–Crippen MR) is 157 cm³/mol. The zero-order valence-electron chi connectivity index (χ0n) is 23.3. The third kappa shape index (κ3) is 4.94. The van der Waals surface area contributed by atoms with Crippen LogP contribution in [0.25, 0.3) is 11.1 Å². The Morgan fingerprint density at radius 2 is 1.39 bits per heavy atom. The third-order valence-electron chi connectivity index (χ3n) is 8.56. The number of benzene rings is 3. The number of fused-ring (bicyclic) bond motifs is 1. The van der Waals surface area contributed by atoms with Gasteiger partial charge in [0.25, 0.3) is 5.91 Å². The Hall–Kier alpha value is -3.24. The van der Waals surface area contributed by atoms with Crippen molar-refractivity contribution in [2.45, 2.75) is 76.9 Å². The summed E-state index contributed by atoms with van der Waals surface area (Å²) >= 11 is 0. The van der Waals surface area contributed by atoms with E-state index in [4.69, 9.17) is 4.99 Å². The summed E-state index contributed by atoms with van der Waals surface area (Å²) in [5, 5.41) is 0. The fourth-order valence-corrected chi connectivity index (χ4v) is 6.66. The second-order valence-electron chi connectivity index (χ2n) is 11.4. The molecular weight excluding hydrogens is 466 g/mol. The molecule has 2 heterocycles. The molecule has 0 radical (unpaired) electrons. The summed E-state index contributed by atoms with van der Waals surface area (Å²) in [7, 11) is 0. The average molecular weight is 508 g/mol. The molecular formula is C34H41N3O. The number of hydrogen-bond donors (Lipinski definition) is 0. The van der Waals surface area contributed by atoms with E-state index in [0.717, 1.165) is 55.7 Å². The fourth-order valence-electron chi connectivity index (χ4n) is 6.66. The first-order valence-corrected chi connectivity index (χ1v) is 14.3. The molecule has 38 heavy (non-hydrogen) atoms. The molecule has 198 valence electrons. The van der Waals surface area contributed by atoms with Crippen molar-refractivity contribution >= 4 is 11.7 Å². The minimum Gasteiger partial charge on any atom is -0.352 e. The van der Waals surface area contributed by atoms with Crippen LogP contribution < -0.4 is 0 Å². The van der Waals surface area contributed by atoms with Crippen LogP contribution in [-0.4, -0.2) is 52.8 Å². The Morgan fingerprint density at radius 3 is 2.00 bits per heavy atom. The molecule has 0 aromatic heterocycles. The number of hydrogen-bond acceptors (Lipinski definition) is 3. The number of aliphatic imine (C=N–C) groups is 1. The lowest BCUT2D eigenvalue weighted by Gasteiger charge is -2.51. The van der Waals surface area contributed by atoms with Crippen molar-refractivity contribution in [1.82, 2.24) is 9.80 Å². The van der Waals surface area contributed by atoms with Crippen LogP contribution in [0.5, 0.6) is 0 Å². The van der Waals surface area contributed by atoms with Gasteiger partial charge in [-0.25, -0.2) is 0 Å². The Labute approximate surface area is 228 Å². The van der Waals surface area contributed by atoms with Crippen molar-refractivity contribution in [3.63, 3.8) is 0 Å². The zero-order valence-corrected chi connectivity index (χ0v) is 23.3. The maximum atomic E-state index is 14.4. The molecule has 3 aromatic rings. The van der Waals surface area contributed by atoms with Crippen molar-refractivity contribution in [3.05, 3.63) is 96.1 Å². The lowest BCUT2D eigenvalue weighted by Crippen LogP contribution is -2.62. The normalized spacial score (nSPS) is 21.7. The van der Waals surface area contributed by atoms with E-state index in [1.807, 2.05) is 24.3 Å². The van der Waals surface area contributed by atoms with Crippen molar-refractivity contribution in [3.8, 4) is 11.1 Å². The SMILES string of the molecule is CC(C)N(CCC1(c2ccc(-c3ccccc3)cc2)C(=O)N=C(c2ccccc2)N2CCCCC21)C(C)C. The largest absolute Gasteiger partial charge is 0.352 e. The lowest BCUT2D eigenvalue weighted by atomic mass is 9.66. The average Bonchev–Trinajstić information content (AvgIpc) is 2.95. The second-order valence-corrected chi connectivity index (χ2v) is 11.4. The van der Waals surface area contributed by atoms with Gasteiger partial charge < -0.3 is 4.90 Å². The molecule has 2 atom stereocenters. The van der Waals surface area contributed by atoms with Gasteiger partial charge in [-0.1, -0.05) is 84.9 Å². The van der Waals surface area contributed by atoms with Crippen LogP contribution in [-0.2, 0) is 10.2 Å². The summed E-state index contributed by atoms with van der Waals surface area (Å²) in [4.78, 5) is 24.3. The molecule has 1 amide bonds. The number of carbonyl (C=O) groups is 1. The smallest absolute Gasteiger partial charge is 0.260 e. The number of piperidine rings is 1. The summed E-state index contributed by atoms with van der Waals surface area (Å²) in [5.41, 5.74) is 3.83. The molecule has 0 aliphatic carbocycles. The molecule has 0 saturated carbocycles. The molecule has 0 spiro atoms. The van der Waals surface area contributed by atoms with E-state index in [1.54, 1.807) is 0 Å². The van der Waals surface area contributed by atoms with Crippen LogP contribution in [0.4, 0.5) is 0 Å². The zero-order chi connectivity index (χ0) is 26.7. The molecule has 0 N–H and O–H groups in total. The maximum absolute atomic E-state index is 14.4. The van der Waals surface area contributed by atoms with Gasteiger partial charge in [0.15, 0.2) is 0 Å². The summed E-state index contributed by atoms with van der Waals surface area (Å²) in [6.07, 6.45) is 4.03. The van der Waals surface area contributed by atoms with Gasteiger partial charge >= 0.3 is 0 Å². The van der Waals surface area contributed by atoms with Crippen LogP contribution in [0, 0.1) is 0 Å². The fraction of sp³-hybridized carbons (Fsp3) is 0.412. The van der Waals surface area contributed by atoms with Crippen LogP contribution in [0.3, 0.4) is 0 Å². The topological polar surface area (TPSA) is 35.9 Å². The van der Waals surface area contributed by atoms with Gasteiger partial charge in [-0.05, 0) is 70.1 Å². The first-order chi connectivity index (χ1) is 18.4. The molecule has 1 saturated heterocycles. The highest BCUT2D eigenvalue weighted by molar-refractivity contribution is 6.10. The minimum atomic E-state index is -0.671. The summed E-state index contributed by atoms with van der Waals surface area (Å²) in [6, 6.07) is 30.4. The molecule has 0 bridgehead atoms. The van der Waals surface area contributed by atoms with Crippen LogP contribution in [0.1, 0.15) is 64.5 Å². The molecule has 4 nitrogen and oxygen atoms in total. The van der Waals surface area contributed by atoms with Crippen molar-refractivity contribution < 1.29 is 4.79 Å². The predicted octanol–water partition coefficient (Wildman–Crippen LogP) is 6.94. The lowest BCUT2D eigenvalue weighted by molar-refractivity contribution is -0.128. The Bertz CT molecular complexity index is 1240. The summed E-state index contributed by atoms with van der Waals surface area (Å²) < 4.78 is 0. The maximum Gasteiger partial charge on any atom is 0.260 e. The number of amides is 1. The number of carbonyl (C=O) groups excluding carboxylic acids is 1. The Kier molecular flexibility index (Phi) is 7.80. The number of amidine groups is 1. The van der Waals surface area contributed by atoms with Crippen molar-refractivity contribution in [2.75, 3.05) is 13.1 Å². The first-order valence-electron chi connectivity index (χ1n) is 14.3. The standard InChI is InChI=1S/C34H41N3O/c1-25(2)36(26(3)4)24-22-34(30-20-18-28(19-21-30)27-13-7-5-8-14-27)31-17-11-12-23-37(31)32(35-33(34)38)29-15-9-6-10-16-29/h5-10,13-16,18-21,25-26,31H,11-12,17,22-24H2,1-4H3. The van der Waals surface area contributed by atoms with Crippen LogP contribution in [0.15, 0.2) is 89.9 Å². The van der Waals surface area contributed by atoms with Crippen molar-refractivity contribution in [1.29, 1.82) is 0 Å². The highest BCUT2D eigenvalue weighted by atomic mass is 16.2. The molecule has 2 aliphatic heterocycles. The summed E-state index contributed by atoms with van der Waals surface area (Å²) in [5.74, 6) is 0.862. The number of rotatable bonds is 8. The number of nitrogens with zero attached hydrogens (tertiary/aromatic N) is 3. The van der Waals surface area contributed by atoms with E-state index >= 15 is 0 Å². The van der Waals surface area contributed by atoms with Gasteiger partial charge in [0.05, 0.1) is 5.41 Å². The van der Waals surface area contributed by atoms with E-state index in [0.29, 0.717) is 12.1 Å². The third-order valence-corrected chi connectivity index (χ3v) is 8.56. The van der Waals surface area contributed by atoms with Gasteiger partial charge in [0.1, 0.15) is 5.84 Å². The van der Waals surface area contributed by atoms with Crippen molar-refractivity contribution in [2.24, 2.45) is 4.99 Å². The van der Waals surface area contributed by atoms with E-state index in [-0.39, 0.29) is 11.9 Å². The highest BCUT2D eigenvalue weighted by Gasteiger charge is 2.53. The Morgan fingerprint density at radius 1 is 0.816 bits per heavy atom. The first kappa shape index (κ1) is 26.4. The molecule has 4 heteroatoms. The van der Waals surface area contributed by atoms with Gasteiger partial charge in [-0.15, -0.1) is 0 Å². The van der Waals surface area contributed by atoms with Gasteiger partial charge in [0, 0.05) is 36.8 Å². The minimum absolute atomic E-state index is 0.0134. The molecule has 2 aliphatic rings. The van der Waals surface area contributed by atoms with E-state index < -0.39 is 5.41 Å². The van der Waals surface area contributed by atoms with E-state index in [1.165, 1.54) is 11.1 Å². The monoisotopic (exact) mass is 507 g/mol. The summed E-state index contributed by atoms with van der Waals surface area (Å²) in [6.45, 7) is 10.8. The molecule has 3 aromatic carbocycles. The molecule has 2 unspecified atom stereocenters. The molecule has 5 rings (SSSR count). The van der Waals surface area contributed by atoms with Gasteiger partial charge in [0.2, 0.25) is 0 Å². The van der Waals surface area contributed by atoms with E-state index in [2.05, 4.69) is 98.2 Å². The molecule has 1 fully saturated rings. The Balaban J connectivity index is 1.61. The van der Waals surface area contributed by atoms with Gasteiger partial charge in [-0.3, -0.25) is 9.69 Å². The second kappa shape index (κ2) is 11.2. The van der Waals surface area contributed by atoms with Gasteiger partial charge in [-0.2, -0.15) is 4.99 Å². The van der Waals surface area contributed by atoms with Crippen LogP contribution in [0.2, 0.25) is 0 Å². The van der Waals surface area contributed by atoms with E-state index in [9.17, 15) is 4.79 Å². The van der Waals surface area contributed by atoms with Crippen LogP contribution >= 0.6 is 0 Å². The highest BCUT2D eigenvalue weighted by Crippen LogP contribution is 2.44.